The van der Waals surface area contributed by atoms with Gasteiger partial charge in [-0.15, -0.1) is 0 Å². The van der Waals surface area contributed by atoms with E-state index in [0.29, 0.717) is 18.4 Å². The van der Waals surface area contributed by atoms with Gasteiger partial charge in [0.1, 0.15) is 5.54 Å². The van der Waals surface area contributed by atoms with E-state index in [4.69, 9.17) is 11.6 Å². The van der Waals surface area contributed by atoms with E-state index >= 15 is 0 Å². The highest BCUT2D eigenvalue weighted by Gasteiger charge is 2.62. The number of ketones is 1. The largest absolute Gasteiger partial charge is 0.470 e. The van der Waals surface area contributed by atoms with Crippen molar-refractivity contribution in [1.29, 1.82) is 0 Å². The van der Waals surface area contributed by atoms with Crippen molar-refractivity contribution < 1.29 is 22.8 Å². The van der Waals surface area contributed by atoms with Gasteiger partial charge in [-0.1, -0.05) is 63.7 Å². The maximum atomic E-state index is 13.8. The molecule has 1 atom stereocenters. The van der Waals surface area contributed by atoms with Gasteiger partial charge in [-0.25, -0.2) is 0 Å². The van der Waals surface area contributed by atoms with Crippen LogP contribution in [0.1, 0.15) is 52.0 Å². The molecule has 0 spiro atoms. The molecule has 1 aromatic rings. The van der Waals surface area contributed by atoms with E-state index in [1.165, 1.54) is 0 Å². The van der Waals surface area contributed by atoms with Gasteiger partial charge in [0.15, 0.2) is 14.0 Å². The molecule has 1 fully saturated rings. The summed E-state index contributed by atoms with van der Waals surface area (Å²) in [4.78, 5) is 26.2. The second-order valence-electron chi connectivity index (χ2n) is 8.92. The standard InChI is InChI=1S/C20H27ClF3NO2Si/c1-18(2,3)28(4,5)25(17(27)20(22,23)24)19(13-9-8-12-16(19)26)14-10-6-7-11-15(14)21/h6-7,10-11H,8-9,12-13H2,1-5H3. The number of hydrogen-bond donors (Lipinski definition) is 0. The van der Waals surface area contributed by atoms with Crippen LogP contribution in [0.25, 0.3) is 0 Å². The van der Waals surface area contributed by atoms with Gasteiger partial charge in [0.2, 0.25) is 0 Å². The molecule has 1 aromatic carbocycles. The average molecular weight is 434 g/mol. The Hall–Kier alpha value is -1.34. The Balaban J connectivity index is 2.90. The molecule has 1 amide bonds. The molecule has 0 bridgehead atoms. The summed E-state index contributed by atoms with van der Waals surface area (Å²) < 4.78 is 42.2. The Morgan fingerprint density at radius 1 is 1.14 bits per heavy atom. The van der Waals surface area contributed by atoms with Crippen LogP contribution in [0.2, 0.25) is 23.2 Å². The molecule has 1 saturated carbocycles. The lowest BCUT2D eigenvalue weighted by Crippen LogP contribution is -2.70. The Bertz CT molecular complexity index is 773. The molecule has 0 heterocycles. The number of carbonyl (C=O) groups excluding carboxylic acids is 2. The first-order chi connectivity index (χ1) is 12.7. The molecule has 3 nitrogen and oxygen atoms in total. The fraction of sp³-hybridized carbons (Fsp3) is 0.600. The third kappa shape index (κ3) is 3.75. The lowest BCUT2D eigenvalue weighted by atomic mass is 9.75. The van der Waals surface area contributed by atoms with Gasteiger partial charge < -0.3 is 4.57 Å². The molecule has 0 aromatic heterocycles. The van der Waals surface area contributed by atoms with E-state index < -0.39 is 30.9 Å². The van der Waals surface area contributed by atoms with Crippen molar-refractivity contribution in [1.82, 2.24) is 4.57 Å². The molecule has 8 heteroatoms. The summed E-state index contributed by atoms with van der Waals surface area (Å²) in [7, 11) is -3.13. The van der Waals surface area contributed by atoms with Crippen LogP contribution in [-0.4, -0.2) is 30.7 Å². The Labute approximate surface area is 170 Å². The zero-order chi connectivity index (χ0) is 21.5. The highest BCUT2D eigenvalue weighted by Crippen LogP contribution is 2.51. The summed E-state index contributed by atoms with van der Waals surface area (Å²) in [6, 6.07) is 6.44. The number of carbonyl (C=O) groups is 2. The third-order valence-corrected chi connectivity index (χ3v) is 11.9. The lowest BCUT2D eigenvalue weighted by Gasteiger charge is -2.56. The van der Waals surface area contributed by atoms with Gasteiger partial charge in [0, 0.05) is 17.0 Å². The van der Waals surface area contributed by atoms with Crippen molar-refractivity contribution in [3.8, 4) is 0 Å². The molecule has 1 aliphatic rings. The Kier molecular flexibility index (Phi) is 6.13. The van der Waals surface area contributed by atoms with E-state index in [2.05, 4.69) is 0 Å². The quantitative estimate of drug-likeness (QED) is 0.542. The maximum absolute atomic E-state index is 13.8. The lowest BCUT2D eigenvalue weighted by molar-refractivity contribution is -0.187. The van der Waals surface area contributed by atoms with Crippen LogP contribution < -0.4 is 0 Å². The van der Waals surface area contributed by atoms with E-state index in [-0.39, 0.29) is 23.6 Å². The molecule has 0 N–H and O–H groups in total. The van der Waals surface area contributed by atoms with Crippen LogP contribution in [0.4, 0.5) is 13.2 Å². The van der Waals surface area contributed by atoms with E-state index in [1.54, 1.807) is 37.4 Å². The minimum absolute atomic E-state index is 0.126. The molecule has 156 valence electrons. The van der Waals surface area contributed by atoms with Crippen LogP contribution in [0, 0.1) is 0 Å². The first kappa shape index (κ1) is 22.9. The minimum atomic E-state index is -5.08. The molecule has 0 saturated heterocycles. The van der Waals surface area contributed by atoms with Crippen molar-refractivity contribution in [3.05, 3.63) is 34.9 Å². The first-order valence-corrected chi connectivity index (χ1v) is 12.7. The third-order valence-electron chi connectivity index (χ3n) is 6.19. The van der Waals surface area contributed by atoms with Crippen LogP contribution in [0.5, 0.6) is 0 Å². The number of hydrogen-bond acceptors (Lipinski definition) is 2. The Morgan fingerprint density at radius 2 is 1.71 bits per heavy atom. The van der Waals surface area contributed by atoms with E-state index in [9.17, 15) is 22.8 Å². The molecule has 1 aliphatic carbocycles. The molecule has 2 rings (SSSR count). The predicted molar refractivity (Wildman–Crippen MR) is 107 cm³/mol. The molecule has 0 radical (unpaired) electrons. The fourth-order valence-electron chi connectivity index (χ4n) is 3.82. The second-order valence-corrected chi connectivity index (χ2v) is 14.4. The van der Waals surface area contributed by atoms with Gasteiger partial charge in [-0.3, -0.25) is 9.59 Å². The van der Waals surface area contributed by atoms with Crippen molar-refractivity contribution in [2.75, 3.05) is 0 Å². The zero-order valence-corrected chi connectivity index (χ0v) is 18.7. The summed E-state index contributed by atoms with van der Waals surface area (Å²) in [5, 5.41) is -0.392. The first-order valence-electron chi connectivity index (χ1n) is 9.37. The van der Waals surface area contributed by atoms with Crippen molar-refractivity contribution in [3.63, 3.8) is 0 Å². The van der Waals surface area contributed by atoms with Gasteiger partial charge in [-0.2, -0.15) is 13.2 Å². The van der Waals surface area contributed by atoms with Gasteiger partial charge in [-0.05, 0) is 30.4 Å². The molecular formula is C20H27ClF3NO2Si. The van der Waals surface area contributed by atoms with E-state index in [1.807, 2.05) is 20.8 Å². The number of alkyl halides is 3. The minimum Gasteiger partial charge on any atom is -0.346 e. The smallest absolute Gasteiger partial charge is 0.346 e. The monoisotopic (exact) mass is 433 g/mol. The van der Waals surface area contributed by atoms with Crippen molar-refractivity contribution in [2.45, 2.75) is 76.3 Å². The van der Waals surface area contributed by atoms with Gasteiger partial charge in [0.05, 0.1) is 0 Å². The Morgan fingerprint density at radius 3 is 2.18 bits per heavy atom. The number of nitrogens with zero attached hydrogens (tertiary/aromatic N) is 1. The number of rotatable bonds is 3. The topological polar surface area (TPSA) is 37.4 Å². The molecular weight excluding hydrogens is 407 g/mol. The highest BCUT2D eigenvalue weighted by molar-refractivity contribution is 6.80. The molecule has 1 unspecified atom stereocenters. The summed E-state index contributed by atoms with van der Waals surface area (Å²) in [6.45, 7) is 8.91. The van der Waals surface area contributed by atoms with Crippen LogP contribution in [-0.2, 0) is 15.1 Å². The summed E-state index contributed by atoms with van der Waals surface area (Å²) in [5.41, 5.74) is -1.39. The van der Waals surface area contributed by atoms with Crippen LogP contribution in [0.3, 0.4) is 0 Å². The fourth-order valence-corrected chi connectivity index (χ4v) is 6.73. The zero-order valence-electron chi connectivity index (χ0n) is 16.9. The van der Waals surface area contributed by atoms with E-state index in [0.717, 1.165) is 4.57 Å². The summed E-state index contributed by atoms with van der Waals surface area (Å²) in [6.07, 6.45) is -3.67. The summed E-state index contributed by atoms with van der Waals surface area (Å²) >= 11 is 6.38. The number of Topliss-reactive ketones (excluding diaryl/α,β-unsaturated/α-hetero) is 1. The average Bonchev–Trinajstić information content (AvgIpc) is 2.55. The summed E-state index contributed by atoms with van der Waals surface area (Å²) in [5.74, 6) is -2.32. The van der Waals surface area contributed by atoms with Gasteiger partial charge in [0.25, 0.3) is 0 Å². The van der Waals surface area contributed by atoms with Crippen molar-refractivity contribution >= 4 is 31.5 Å². The highest BCUT2D eigenvalue weighted by atomic mass is 35.5. The van der Waals surface area contributed by atoms with Gasteiger partial charge >= 0.3 is 12.1 Å². The molecule has 28 heavy (non-hydrogen) atoms. The number of amides is 1. The maximum Gasteiger partial charge on any atom is 0.470 e. The molecule has 0 aliphatic heterocycles. The SMILES string of the molecule is CC(C)(C)[Si](C)(C)N(C(=O)C(F)(F)F)C1(c2ccccc2Cl)CCCCC1=O. The predicted octanol–water partition coefficient (Wildman–Crippen LogP) is 6.07. The normalized spacial score (nSPS) is 21.5. The van der Waals surface area contributed by atoms with Crippen LogP contribution >= 0.6 is 11.6 Å². The van der Waals surface area contributed by atoms with Crippen molar-refractivity contribution in [2.24, 2.45) is 0 Å². The number of benzene rings is 1. The van der Waals surface area contributed by atoms with Crippen LogP contribution in [0.15, 0.2) is 24.3 Å². The number of halogens is 4. The second kappa shape index (κ2) is 7.48.